The first-order chi connectivity index (χ1) is 13.6. The molecule has 0 spiro atoms. The van der Waals surface area contributed by atoms with Crippen LogP contribution in [-0.2, 0) is 16.1 Å². The standard InChI is InChI=1S/C22H25N3O3/c1-16-7-8-19-18(13-16)23-22(27)20(28-19)14-21(26)25-11-9-24(10-12-25)15-17-5-3-2-4-6-17/h2-8,13,20H,9-12,14-15H2,1H3,(H,23,27). The zero-order valence-corrected chi connectivity index (χ0v) is 16.1. The van der Waals surface area contributed by atoms with Crippen LogP contribution in [0.1, 0.15) is 17.5 Å². The van der Waals surface area contributed by atoms with Crippen molar-refractivity contribution in [1.82, 2.24) is 9.80 Å². The minimum Gasteiger partial charge on any atom is -0.478 e. The van der Waals surface area contributed by atoms with E-state index in [-0.39, 0.29) is 18.2 Å². The summed E-state index contributed by atoms with van der Waals surface area (Å²) in [5, 5.41) is 2.85. The van der Waals surface area contributed by atoms with Crippen LogP contribution in [0.15, 0.2) is 48.5 Å². The number of benzene rings is 2. The Balaban J connectivity index is 1.30. The van der Waals surface area contributed by atoms with Gasteiger partial charge in [-0.2, -0.15) is 0 Å². The predicted octanol–water partition coefficient (Wildman–Crippen LogP) is 2.43. The van der Waals surface area contributed by atoms with Gasteiger partial charge in [-0.05, 0) is 30.2 Å². The number of amides is 2. The fourth-order valence-electron chi connectivity index (χ4n) is 3.68. The summed E-state index contributed by atoms with van der Waals surface area (Å²) in [6, 6.07) is 16.0. The average molecular weight is 379 g/mol. The highest BCUT2D eigenvalue weighted by atomic mass is 16.5. The van der Waals surface area contributed by atoms with Crippen molar-refractivity contribution in [3.05, 3.63) is 59.7 Å². The number of hydrogen-bond donors (Lipinski definition) is 1. The Morgan fingerprint density at radius 1 is 1.11 bits per heavy atom. The van der Waals surface area contributed by atoms with Crippen LogP contribution in [-0.4, -0.2) is 53.9 Å². The van der Waals surface area contributed by atoms with Gasteiger partial charge in [0.1, 0.15) is 5.75 Å². The van der Waals surface area contributed by atoms with Gasteiger partial charge in [0.15, 0.2) is 6.10 Å². The highest BCUT2D eigenvalue weighted by molar-refractivity contribution is 6.00. The lowest BCUT2D eigenvalue weighted by molar-refractivity contribution is -0.138. The summed E-state index contributed by atoms with van der Waals surface area (Å²) in [7, 11) is 0. The number of fused-ring (bicyclic) bond motifs is 1. The maximum absolute atomic E-state index is 12.7. The molecule has 2 aromatic rings. The van der Waals surface area contributed by atoms with Crippen LogP contribution in [0.2, 0.25) is 0 Å². The maximum atomic E-state index is 12.7. The lowest BCUT2D eigenvalue weighted by atomic mass is 10.1. The van der Waals surface area contributed by atoms with E-state index in [1.165, 1.54) is 5.56 Å². The second-order valence-electron chi connectivity index (χ2n) is 7.44. The Labute approximate surface area is 165 Å². The summed E-state index contributed by atoms with van der Waals surface area (Å²) in [6.07, 6.45) is -0.706. The van der Waals surface area contributed by atoms with Crippen LogP contribution in [0.5, 0.6) is 5.75 Å². The van der Waals surface area contributed by atoms with E-state index in [2.05, 4.69) is 22.3 Å². The molecule has 2 amide bonds. The molecule has 6 heteroatoms. The van der Waals surface area contributed by atoms with Gasteiger partial charge in [-0.1, -0.05) is 36.4 Å². The van der Waals surface area contributed by atoms with Gasteiger partial charge in [-0.25, -0.2) is 0 Å². The Morgan fingerprint density at radius 3 is 2.61 bits per heavy atom. The molecule has 2 aromatic carbocycles. The molecule has 4 rings (SSSR count). The second kappa shape index (κ2) is 8.02. The van der Waals surface area contributed by atoms with E-state index in [1.807, 2.05) is 48.2 Å². The largest absolute Gasteiger partial charge is 0.478 e. The smallest absolute Gasteiger partial charge is 0.266 e. The Hall–Kier alpha value is -2.86. The number of aryl methyl sites for hydroxylation is 1. The third-order valence-electron chi connectivity index (χ3n) is 5.29. The van der Waals surface area contributed by atoms with E-state index in [4.69, 9.17) is 4.74 Å². The zero-order chi connectivity index (χ0) is 19.5. The third kappa shape index (κ3) is 4.17. The monoisotopic (exact) mass is 379 g/mol. The van der Waals surface area contributed by atoms with E-state index in [1.54, 1.807) is 0 Å². The fourth-order valence-corrected chi connectivity index (χ4v) is 3.68. The molecule has 0 bridgehead atoms. The molecule has 146 valence electrons. The summed E-state index contributed by atoms with van der Waals surface area (Å²) in [4.78, 5) is 29.2. The molecule has 1 saturated heterocycles. The average Bonchev–Trinajstić information content (AvgIpc) is 2.70. The summed E-state index contributed by atoms with van der Waals surface area (Å²) in [5.41, 5.74) is 3.00. The van der Waals surface area contributed by atoms with Gasteiger partial charge >= 0.3 is 0 Å². The number of nitrogens with zero attached hydrogens (tertiary/aromatic N) is 2. The van der Waals surface area contributed by atoms with Crippen LogP contribution in [0.3, 0.4) is 0 Å². The quantitative estimate of drug-likeness (QED) is 0.886. The second-order valence-corrected chi connectivity index (χ2v) is 7.44. The number of carbonyl (C=O) groups excluding carboxylic acids is 2. The van der Waals surface area contributed by atoms with Gasteiger partial charge in [0.2, 0.25) is 5.91 Å². The van der Waals surface area contributed by atoms with Crippen LogP contribution in [0, 0.1) is 6.92 Å². The summed E-state index contributed by atoms with van der Waals surface area (Å²) in [5.74, 6) is 0.333. The molecule has 2 aliphatic rings. The number of rotatable bonds is 4. The number of nitrogens with one attached hydrogen (secondary N) is 1. The summed E-state index contributed by atoms with van der Waals surface area (Å²) in [6.45, 7) is 5.87. The lowest BCUT2D eigenvalue weighted by Gasteiger charge is -2.35. The summed E-state index contributed by atoms with van der Waals surface area (Å²) >= 11 is 0. The van der Waals surface area contributed by atoms with Crippen molar-refractivity contribution >= 4 is 17.5 Å². The van der Waals surface area contributed by atoms with E-state index in [9.17, 15) is 9.59 Å². The normalized spacial score (nSPS) is 19.5. The van der Waals surface area contributed by atoms with Crippen molar-refractivity contribution in [2.45, 2.75) is 26.0 Å². The molecule has 0 aromatic heterocycles. The third-order valence-corrected chi connectivity index (χ3v) is 5.29. The van der Waals surface area contributed by atoms with Crippen LogP contribution < -0.4 is 10.1 Å². The number of anilines is 1. The fraction of sp³-hybridized carbons (Fsp3) is 0.364. The van der Waals surface area contributed by atoms with E-state index >= 15 is 0 Å². The van der Waals surface area contributed by atoms with Gasteiger partial charge in [-0.15, -0.1) is 0 Å². The topological polar surface area (TPSA) is 61.9 Å². The van der Waals surface area contributed by atoms with E-state index in [0.717, 1.165) is 25.2 Å². The molecule has 2 heterocycles. The van der Waals surface area contributed by atoms with E-state index < -0.39 is 6.10 Å². The van der Waals surface area contributed by atoms with Crippen molar-refractivity contribution in [3.63, 3.8) is 0 Å². The van der Waals surface area contributed by atoms with Crippen molar-refractivity contribution in [1.29, 1.82) is 0 Å². The van der Waals surface area contributed by atoms with E-state index in [0.29, 0.717) is 24.5 Å². The molecular formula is C22H25N3O3. The molecule has 28 heavy (non-hydrogen) atoms. The zero-order valence-electron chi connectivity index (χ0n) is 16.1. The Bertz CT molecular complexity index is 861. The van der Waals surface area contributed by atoms with Gasteiger partial charge < -0.3 is 15.0 Å². The molecule has 6 nitrogen and oxygen atoms in total. The van der Waals surface area contributed by atoms with Crippen molar-refractivity contribution < 1.29 is 14.3 Å². The molecule has 2 aliphatic heterocycles. The SMILES string of the molecule is Cc1ccc2c(c1)NC(=O)C(CC(=O)N1CCN(Cc3ccccc3)CC1)O2. The predicted molar refractivity (Wildman–Crippen MR) is 107 cm³/mol. The van der Waals surface area contributed by atoms with Crippen molar-refractivity contribution in [2.75, 3.05) is 31.5 Å². The molecule has 0 radical (unpaired) electrons. The molecule has 1 fully saturated rings. The van der Waals surface area contributed by atoms with Crippen LogP contribution in [0.25, 0.3) is 0 Å². The Morgan fingerprint density at radius 2 is 1.86 bits per heavy atom. The van der Waals surface area contributed by atoms with Gasteiger partial charge in [0.25, 0.3) is 5.91 Å². The van der Waals surface area contributed by atoms with Crippen molar-refractivity contribution in [2.24, 2.45) is 0 Å². The van der Waals surface area contributed by atoms with Crippen molar-refractivity contribution in [3.8, 4) is 5.75 Å². The lowest BCUT2D eigenvalue weighted by Crippen LogP contribution is -2.50. The van der Waals surface area contributed by atoms with Gasteiger partial charge in [0.05, 0.1) is 12.1 Å². The minimum atomic E-state index is -0.773. The van der Waals surface area contributed by atoms with Crippen LogP contribution in [0.4, 0.5) is 5.69 Å². The number of hydrogen-bond acceptors (Lipinski definition) is 4. The number of carbonyl (C=O) groups is 2. The first kappa shape index (κ1) is 18.5. The van der Waals surface area contributed by atoms with Gasteiger partial charge in [-0.3, -0.25) is 14.5 Å². The molecule has 1 atom stereocenters. The Kier molecular flexibility index (Phi) is 5.30. The highest BCUT2D eigenvalue weighted by Gasteiger charge is 2.32. The highest BCUT2D eigenvalue weighted by Crippen LogP contribution is 2.31. The molecule has 0 saturated carbocycles. The molecule has 0 aliphatic carbocycles. The maximum Gasteiger partial charge on any atom is 0.266 e. The molecule has 1 unspecified atom stereocenters. The molecular weight excluding hydrogens is 354 g/mol. The number of ether oxygens (including phenoxy) is 1. The minimum absolute atomic E-state index is 0.0323. The number of piperazine rings is 1. The van der Waals surface area contributed by atoms with Crippen LogP contribution >= 0.6 is 0 Å². The van der Waals surface area contributed by atoms with Gasteiger partial charge in [0, 0.05) is 32.7 Å². The first-order valence-electron chi connectivity index (χ1n) is 9.71. The molecule has 1 N–H and O–H groups in total. The summed E-state index contributed by atoms with van der Waals surface area (Å²) < 4.78 is 5.79. The first-order valence-corrected chi connectivity index (χ1v) is 9.71.